The summed E-state index contributed by atoms with van der Waals surface area (Å²) in [6.07, 6.45) is 2.36. The molecule has 106 valence electrons. The molecule has 20 heavy (non-hydrogen) atoms. The van der Waals surface area contributed by atoms with Crippen LogP contribution in [0, 0.1) is 15.9 Å². The first-order valence-corrected chi connectivity index (χ1v) is 6.64. The van der Waals surface area contributed by atoms with Crippen LogP contribution in [-0.2, 0) is 13.5 Å². The maximum atomic E-state index is 13.6. The Balaban J connectivity index is 2.47. The molecular formula is C12H12BrFN4O2. The number of nitro groups is 1. The van der Waals surface area contributed by atoms with Crippen LogP contribution >= 0.6 is 15.9 Å². The van der Waals surface area contributed by atoms with Crippen LogP contribution in [0.2, 0.25) is 0 Å². The van der Waals surface area contributed by atoms with Crippen molar-refractivity contribution in [2.75, 3.05) is 5.32 Å². The molecule has 0 amide bonds. The second kappa shape index (κ2) is 5.58. The van der Waals surface area contributed by atoms with Gasteiger partial charge in [-0.25, -0.2) is 4.39 Å². The highest BCUT2D eigenvalue weighted by molar-refractivity contribution is 9.10. The molecular weight excluding hydrogens is 331 g/mol. The van der Waals surface area contributed by atoms with Gasteiger partial charge in [0.15, 0.2) is 0 Å². The molecule has 0 bridgehead atoms. The third kappa shape index (κ3) is 2.79. The number of aryl methyl sites for hydroxylation is 2. The van der Waals surface area contributed by atoms with E-state index in [-0.39, 0.29) is 15.8 Å². The molecule has 6 nitrogen and oxygen atoms in total. The lowest BCUT2D eigenvalue weighted by Gasteiger charge is -2.07. The first-order valence-electron chi connectivity index (χ1n) is 5.85. The molecule has 0 atom stereocenters. The van der Waals surface area contributed by atoms with E-state index in [2.05, 4.69) is 26.3 Å². The standard InChI is InChI=1S/C12H12BrFN4O2/c1-3-9-11(6-17(2)16-9)15-10-5-8(14)7(13)4-12(10)18(19)20/h4-6,15H,3H2,1-2H3. The van der Waals surface area contributed by atoms with Crippen LogP contribution in [0.4, 0.5) is 21.5 Å². The van der Waals surface area contributed by atoms with Gasteiger partial charge in [-0.2, -0.15) is 5.10 Å². The summed E-state index contributed by atoms with van der Waals surface area (Å²) in [5.74, 6) is -0.569. The highest BCUT2D eigenvalue weighted by Crippen LogP contribution is 2.33. The zero-order chi connectivity index (χ0) is 14.9. The molecule has 2 rings (SSSR count). The van der Waals surface area contributed by atoms with Gasteiger partial charge < -0.3 is 5.32 Å². The Bertz CT molecular complexity index is 672. The average Bonchev–Trinajstić information content (AvgIpc) is 2.73. The van der Waals surface area contributed by atoms with Gasteiger partial charge in [-0.15, -0.1) is 0 Å². The fraction of sp³-hybridized carbons (Fsp3) is 0.250. The minimum atomic E-state index is -0.569. The Morgan fingerprint density at radius 1 is 1.50 bits per heavy atom. The second-order valence-corrected chi connectivity index (χ2v) is 5.04. The Labute approximate surface area is 122 Å². The lowest BCUT2D eigenvalue weighted by atomic mass is 10.2. The van der Waals surface area contributed by atoms with E-state index < -0.39 is 10.7 Å². The van der Waals surface area contributed by atoms with Gasteiger partial charge in [0.25, 0.3) is 5.69 Å². The molecule has 1 aromatic carbocycles. The molecule has 1 aromatic heterocycles. The number of benzene rings is 1. The SMILES string of the molecule is CCc1nn(C)cc1Nc1cc(F)c(Br)cc1[N+](=O)[O-]. The van der Waals surface area contributed by atoms with Gasteiger partial charge in [0.1, 0.15) is 11.5 Å². The van der Waals surface area contributed by atoms with E-state index in [1.807, 2.05) is 6.92 Å². The number of halogens is 2. The minimum absolute atomic E-state index is 0.0525. The molecule has 0 aliphatic heterocycles. The Hall–Kier alpha value is -1.96. The van der Waals surface area contributed by atoms with Crippen LogP contribution in [0.1, 0.15) is 12.6 Å². The van der Waals surface area contributed by atoms with Crippen molar-refractivity contribution >= 4 is 33.0 Å². The molecule has 0 fully saturated rings. The molecule has 0 unspecified atom stereocenters. The third-order valence-electron chi connectivity index (χ3n) is 2.74. The maximum Gasteiger partial charge on any atom is 0.294 e. The quantitative estimate of drug-likeness (QED) is 0.681. The van der Waals surface area contributed by atoms with Gasteiger partial charge in [-0.1, -0.05) is 6.92 Å². The minimum Gasteiger partial charge on any atom is -0.347 e. The van der Waals surface area contributed by atoms with Gasteiger partial charge in [0.05, 0.1) is 20.8 Å². The fourth-order valence-electron chi connectivity index (χ4n) is 1.83. The summed E-state index contributed by atoms with van der Waals surface area (Å²) in [6.45, 7) is 1.92. The van der Waals surface area contributed by atoms with Crippen LogP contribution in [0.15, 0.2) is 22.8 Å². The zero-order valence-electron chi connectivity index (χ0n) is 10.9. The number of rotatable bonds is 4. The van der Waals surface area contributed by atoms with Crippen molar-refractivity contribution < 1.29 is 9.31 Å². The normalized spacial score (nSPS) is 10.6. The molecule has 2 aromatic rings. The smallest absolute Gasteiger partial charge is 0.294 e. The summed E-state index contributed by atoms with van der Waals surface area (Å²) < 4.78 is 15.2. The Kier molecular flexibility index (Phi) is 4.03. The van der Waals surface area contributed by atoms with Crippen LogP contribution in [0.5, 0.6) is 0 Å². The van der Waals surface area contributed by atoms with E-state index in [1.165, 1.54) is 0 Å². The number of nitrogens with one attached hydrogen (secondary N) is 1. The van der Waals surface area contributed by atoms with E-state index in [4.69, 9.17) is 0 Å². The van der Waals surface area contributed by atoms with Gasteiger partial charge in [-0.3, -0.25) is 14.8 Å². The van der Waals surface area contributed by atoms with Crippen molar-refractivity contribution in [1.29, 1.82) is 0 Å². The molecule has 0 spiro atoms. The molecule has 8 heteroatoms. The van der Waals surface area contributed by atoms with E-state index in [0.717, 1.165) is 17.8 Å². The molecule has 1 N–H and O–H groups in total. The van der Waals surface area contributed by atoms with Gasteiger partial charge in [0, 0.05) is 25.4 Å². The van der Waals surface area contributed by atoms with E-state index in [9.17, 15) is 14.5 Å². The number of nitro benzene ring substituents is 1. The van der Waals surface area contributed by atoms with Crippen LogP contribution < -0.4 is 5.32 Å². The first-order chi connectivity index (χ1) is 9.42. The number of anilines is 2. The average molecular weight is 343 g/mol. The molecule has 0 radical (unpaired) electrons. The molecule has 0 saturated heterocycles. The van der Waals surface area contributed by atoms with Gasteiger partial charge >= 0.3 is 0 Å². The van der Waals surface area contributed by atoms with Gasteiger partial charge in [-0.05, 0) is 22.4 Å². The van der Waals surface area contributed by atoms with Crippen molar-refractivity contribution in [3.63, 3.8) is 0 Å². The van der Waals surface area contributed by atoms with E-state index in [0.29, 0.717) is 12.1 Å². The Morgan fingerprint density at radius 3 is 2.80 bits per heavy atom. The summed E-state index contributed by atoms with van der Waals surface area (Å²) in [5.41, 5.74) is 1.27. The summed E-state index contributed by atoms with van der Waals surface area (Å²) in [4.78, 5) is 10.5. The summed E-state index contributed by atoms with van der Waals surface area (Å²) in [7, 11) is 1.75. The number of hydrogen-bond donors (Lipinski definition) is 1. The second-order valence-electron chi connectivity index (χ2n) is 4.18. The lowest BCUT2D eigenvalue weighted by molar-refractivity contribution is -0.384. The zero-order valence-corrected chi connectivity index (χ0v) is 12.4. The van der Waals surface area contributed by atoms with Crippen LogP contribution in [0.3, 0.4) is 0 Å². The molecule has 0 aliphatic carbocycles. The monoisotopic (exact) mass is 342 g/mol. The predicted molar refractivity (Wildman–Crippen MR) is 76.6 cm³/mol. The fourth-order valence-corrected chi connectivity index (χ4v) is 2.16. The maximum absolute atomic E-state index is 13.6. The van der Waals surface area contributed by atoms with E-state index >= 15 is 0 Å². The first kappa shape index (κ1) is 14.4. The third-order valence-corrected chi connectivity index (χ3v) is 3.35. The van der Waals surface area contributed by atoms with Crippen molar-refractivity contribution in [3.8, 4) is 0 Å². The van der Waals surface area contributed by atoms with E-state index in [1.54, 1.807) is 17.9 Å². The van der Waals surface area contributed by atoms with Crippen molar-refractivity contribution in [2.24, 2.45) is 7.05 Å². The lowest BCUT2D eigenvalue weighted by Crippen LogP contribution is -1.99. The highest BCUT2D eigenvalue weighted by atomic mass is 79.9. The molecule has 1 heterocycles. The number of aromatic nitrogens is 2. The summed E-state index contributed by atoms with van der Waals surface area (Å²) in [5, 5.41) is 18.1. The summed E-state index contributed by atoms with van der Waals surface area (Å²) in [6, 6.07) is 2.23. The topological polar surface area (TPSA) is 73.0 Å². The predicted octanol–water partition coefficient (Wildman–Crippen LogP) is 3.54. The van der Waals surface area contributed by atoms with Crippen LogP contribution in [0.25, 0.3) is 0 Å². The number of hydrogen-bond acceptors (Lipinski definition) is 4. The van der Waals surface area contributed by atoms with Gasteiger partial charge in [0.2, 0.25) is 0 Å². The van der Waals surface area contributed by atoms with Crippen molar-refractivity contribution in [2.45, 2.75) is 13.3 Å². The molecule has 0 aliphatic rings. The Morgan fingerprint density at radius 2 is 2.20 bits per heavy atom. The van der Waals surface area contributed by atoms with Crippen LogP contribution in [-0.4, -0.2) is 14.7 Å². The van der Waals surface area contributed by atoms with Crippen molar-refractivity contribution in [1.82, 2.24) is 9.78 Å². The highest BCUT2D eigenvalue weighted by Gasteiger charge is 2.19. The molecule has 0 saturated carbocycles. The summed E-state index contributed by atoms with van der Waals surface area (Å²) >= 11 is 2.94. The largest absolute Gasteiger partial charge is 0.347 e. The number of nitrogens with zero attached hydrogens (tertiary/aromatic N) is 3. The van der Waals surface area contributed by atoms with Crippen molar-refractivity contribution in [3.05, 3.63) is 44.4 Å².